The fourth-order valence-electron chi connectivity index (χ4n) is 5.41. The Hall–Kier alpha value is -3.00. The summed E-state index contributed by atoms with van der Waals surface area (Å²) < 4.78 is 50.2. The second kappa shape index (κ2) is 20.7. The van der Waals surface area contributed by atoms with Crippen LogP contribution in [0.25, 0.3) is 0 Å². The van der Waals surface area contributed by atoms with E-state index in [0.717, 1.165) is 0 Å². The summed E-state index contributed by atoms with van der Waals surface area (Å²) in [5, 5.41) is 25.7. The first-order valence-electron chi connectivity index (χ1n) is 18.8. The van der Waals surface area contributed by atoms with Crippen molar-refractivity contribution in [2.75, 3.05) is 19.8 Å². The molecule has 2 saturated heterocycles. The van der Waals surface area contributed by atoms with Crippen molar-refractivity contribution in [1.29, 1.82) is 0 Å². The highest BCUT2D eigenvalue weighted by Crippen LogP contribution is 2.35. The summed E-state index contributed by atoms with van der Waals surface area (Å²) in [7, 11) is 0. The highest BCUT2D eigenvalue weighted by Gasteiger charge is 2.55. The standard InChI is InChI=1S/C39H56Cl3NO16/c1-20(44)43-24-28(59-35(50)54-19-39(40,41)42)27(23(18-53-33(48)37(5,6)7)56-30(24)51-16-21-14-12-11-13-15-21)57-31-26(46)29(58-34(49)38(8,9)10)25(45)22(55-31)17-52-32(47)36(2,3)4/h11-15,22-31,45-46H,16-19H2,1-10H3,(H,43,44)/t22-,23-,24-,25+,26-,27-,28-,29+,30-,31+/m1/s1. The van der Waals surface area contributed by atoms with Gasteiger partial charge in [0.25, 0.3) is 0 Å². The summed E-state index contributed by atoms with van der Waals surface area (Å²) in [6.45, 7) is 13.5. The van der Waals surface area contributed by atoms with Gasteiger partial charge in [-0.3, -0.25) is 19.2 Å². The third-order valence-electron chi connectivity index (χ3n) is 8.63. The van der Waals surface area contributed by atoms with Crippen LogP contribution in [0.15, 0.2) is 30.3 Å². The summed E-state index contributed by atoms with van der Waals surface area (Å²) >= 11 is 17.4. The lowest BCUT2D eigenvalue weighted by Crippen LogP contribution is -2.68. The molecule has 2 aliphatic heterocycles. The molecule has 1 amide bonds. The number of hydrogen-bond acceptors (Lipinski definition) is 16. The number of carbonyl (C=O) groups excluding carboxylic acids is 5. The van der Waals surface area contributed by atoms with Crippen molar-refractivity contribution in [2.45, 2.75) is 141 Å². The summed E-state index contributed by atoms with van der Waals surface area (Å²) in [5.41, 5.74) is -2.37. The Labute approximate surface area is 358 Å². The van der Waals surface area contributed by atoms with Crippen molar-refractivity contribution >= 4 is 64.8 Å². The Balaban J connectivity index is 2.15. The van der Waals surface area contributed by atoms with Crippen LogP contribution in [-0.4, -0.2) is 125 Å². The van der Waals surface area contributed by atoms with E-state index in [-0.39, 0.29) is 6.61 Å². The van der Waals surface area contributed by atoms with Gasteiger partial charge in [-0.1, -0.05) is 65.1 Å². The molecule has 0 spiro atoms. The highest BCUT2D eigenvalue weighted by molar-refractivity contribution is 6.67. The number of alkyl halides is 3. The lowest BCUT2D eigenvalue weighted by molar-refractivity contribution is -0.350. The monoisotopic (exact) mass is 899 g/mol. The van der Waals surface area contributed by atoms with Gasteiger partial charge in [-0.05, 0) is 67.9 Å². The fourth-order valence-corrected chi connectivity index (χ4v) is 5.57. The third kappa shape index (κ3) is 15.4. The molecule has 3 rings (SSSR count). The van der Waals surface area contributed by atoms with Crippen molar-refractivity contribution in [1.82, 2.24) is 5.32 Å². The van der Waals surface area contributed by atoms with Crippen LogP contribution in [0.1, 0.15) is 74.8 Å². The van der Waals surface area contributed by atoms with Crippen LogP contribution in [0.2, 0.25) is 0 Å². The van der Waals surface area contributed by atoms with Gasteiger partial charge in [-0.15, -0.1) is 0 Å². The second-order valence-corrected chi connectivity index (χ2v) is 19.8. The van der Waals surface area contributed by atoms with Crippen molar-refractivity contribution in [3.63, 3.8) is 0 Å². The molecule has 1 aromatic rings. The fraction of sp³-hybridized carbons (Fsp3) is 0.718. The van der Waals surface area contributed by atoms with Crippen LogP contribution in [0.4, 0.5) is 4.79 Å². The predicted molar refractivity (Wildman–Crippen MR) is 210 cm³/mol. The van der Waals surface area contributed by atoms with E-state index in [9.17, 15) is 34.2 Å². The van der Waals surface area contributed by atoms with Crippen LogP contribution >= 0.6 is 34.8 Å². The number of aliphatic hydroxyl groups is 2. The number of aliphatic hydroxyl groups excluding tert-OH is 2. The minimum atomic E-state index is -2.06. The average Bonchev–Trinajstić information content (AvgIpc) is 3.11. The Morgan fingerprint density at radius 3 is 1.71 bits per heavy atom. The number of carbonyl (C=O) groups is 5. The molecule has 2 fully saturated rings. The Bertz CT molecular complexity index is 1590. The van der Waals surface area contributed by atoms with Gasteiger partial charge in [0, 0.05) is 6.92 Å². The number of esters is 3. The average molecular weight is 901 g/mol. The van der Waals surface area contributed by atoms with E-state index in [0.29, 0.717) is 5.56 Å². The maximum atomic E-state index is 13.3. The molecule has 0 unspecified atom stereocenters. The van der Waals surface area contributed by atoms with Crippen molar-refractivity contribution < 1.29 is 76.8 Å². The first-order chi connectivity index (χ1) is 27.1. The molecule has 1 aromatic carbocycles. The molecule has 0 aliphatic carbocycles. The van der Waals surface area contributed by atoms with Crippen LogP contribution in [-0.2, 0) is 68.4 Å². The Morgan fingerprint density at radius 2 is 1.20 bits per heavy atom. The van der Waals surface area contributed by atoms with E-state index in [1.165, 1.54) is 6.92 Å². The minimum absolute atomic E-state index is 0.0792. The zero-order valence-corrected chi connectivity index (χ0v) is 37.0. The maximum absolute atomic E-state index is 13.3. The summed E-state index contributed by atoms with van der Waals surface area (Å²) in [4.78, 5) is 65.0. The van der Waals surface area contributed by atoms with Gasteiger partial charge in [0.1, 0.15) is 56.4 Å². The Kier molecular flexibility index (Phi) is 17.7. The molecule has 0 aromatic heterocycles. The molecule has 20 heteroatoms. The van der Waals surface area contributed by atoms with Gasteiger partial charge in [-0.25, -0.2) is 4.79 Å². The zero-order valence-electron chi connectivity index (χ0n) is 34.7. The number of amides is 1. The van der Waals surface area contributed by atoms with Crippen LogP contribution < -0.4 is 5.32 Å². The van der Waals surface area contributed by atoms with E-state index < -0.39 is 131 Å². The van der Waals surface area contributed by atoms with Crippen molar-refractivity contribution in [3.05, 3.63) is 35.9 Å². The van der Waals surface area contributed by atoms with Gasteiger partial charge < -0.3 is 58.2 Å². The third-order valence-corrected chi connectivity index (χ3v) is 8.96. The van der Waals surface area contributed by atoms with Gasteiger partial charge in [0.15, 0.2) is 24.8 Å². The van der Waals surface area contributed by atoms with Crippen LogP contribution in [0.5, 0.6) is 0 Å². The SMILES string of the molecule is CC(=O)N[C@H]1[C@H](OCc2ccccc2)O[C@H](COC(=O)C(C)(C)C)[C@@H](O[C@@H]2O[C@H](COC(=O)C(C)(C)C)[C@H](O)[C@H](OC(=O)C(C)(C)C)[C@H]2O)[C@@H]1OC(=O)OCC(Cl)(Cl)Cl. The number of nitrogens with one attached hydrogen (secondary N) is 1. The zero-order chi connectivity index (χ0) is 44.7. The number of benzene rings is 1. The predicted octanol–water partition coefficient (Wildman–Crippen LogP) is 4.29. The molecule has 59 heavy (non-hydrogen) atoms. The molecule has 2 heterocycles. The molecule has 334 valence electrons. The summed E-state index contributed by atoms with van der Waals surface area (Å²) in [5.74, 6) is -2.79. The Morgan fingerprint density at radius 1 is 0.678 bits per heavy atom. The van der Waals surface area contributed by atoms with E-state index in [1.807, 2.05) is 0 Å². The number of ether oxygens (including phenoxy) is 9. The lowest BCUT2D eigenvalue weighted by atomic mass is 9.94. The van der Waals surface area contributed by atoms with Crippen LogP contribution in [0.3, 0.4) is 0 Å². The number of rotatable bonds is 13. The van der Waals surface area contributed by atoms with E-state index in [4.69, 9.17) is 77.4 Å². The molecule has 0 radical (unpaired) electrons. The number of halogens is 3. The van der Waals surface area contributed by atoms with Gasteiger partial charge >= 0.3 is 24.1 Å². The smallest absolute Gasteiger partial charge is 0.462 e. The number of hydrogen-bond donors (Lipinski definition) is 3. The molecule has 0 bridgehead atoms. The van der Waals surface area contributed by atoms with Crippen LogP contribution in [0, 0.1) is 16.2 Å². The quantitative estimate of drug-likeness (QED) is 0.143. The molecule has 17 nitrogen and oxygen atoms in total. The van der Waals surface area contributed by atoms with E-state index >= 15 is 0 Å². The maximum Gasteiger partial charge on any atom is 0.508 e. The minimum Gasteiger partial charge on any atom is -0.462 e. The molecule has 10 atom stereocenters. The van der Waals surface area contributed by atoms with Crippen molar-refractivity contribution in [3.8, 4) is 0 Å². The van der Waals surface area contributed by atoms with Gasteiger partial charge in [0.05, 0.1) is 22.9 Å². The summed E-state index contributed by atoms with van der Waals surface area (Å²) in [6.07, 6.45) is -16.5. The lowest BCUT2D eigenvalue weighted by Gasteiger charge is -2.48. The molecular weight excluding hydrogens is 845 g/mol. The molecule has 2 aliphatic rings. The first-order valence-corrected chi connectivity index (χ1v) is 19.9. The summed E-state index contributed by atoms with van der Waals surface area (Å²) in [6, 6.07) is 7.45. The highest BCUT2D eigenvalue weighted by atomic mass is 35.6. The van der Waals surface area contributed by atoms with E-state index in [2.05, 4.69) is 5.32 Å². The topological polar surface area (TPSA) is 221 Å². The van der Waals surface area contributed by atoms with Gasteiger partial charge in [0.2, 0.25) is 9.70 Å². The van der Waals surface area contributed by atoms with Crippen molar-refractivity contribution in [2.24, 2.45) is 16.2 Å². The molecule has 3 N–H and O–H groups in total. The molecular formula is C39H56Cl3NO16. The van der Waals surface area contributed by atoms with Gasteiger partial charge in [-0.2, -0.15) is 0 Å². The second-order valence-electron chi connectivity index (χ2n) is 17.2. The largest absolute Gasteiger partial charge is 0.508 e. The molecule has 0 saturated carbocycles. The van der Waals surface area contributed by atoms with E-state index in [1.54, 1.807) is 92.6 Å². The first kappa shape index (κ1) is 50.4. The normalized spacial score (nSPS) is 27.8.